The highest BCUT2D eigenvalue weighted by atomic mass is 35.5. The topological polar surface area (TPSA) is 77.0 Å². The van der Waals surface area contributed by atoms with Crippen LogP contribution < -0.4 is 17.0 Å². The lowest BCUT2D eigenvalue weighted by atomic mass is 9.94. The predicted octanol–water partition coefficient (Wildman–Crippen LogP) is 3.02. The van der Waals surface area contributed by atoms with Crippen molar-refractivity contribution >= 4 is 28.1 Å². The number of hydrazine groups is 1. The zero-order chi connectivity index (χ0) is 14.8. The molecular weight excluding hydrogens is 284 g/mol. The Morgan fingerprint density at radius 3 is 2.71 bits per heavy atom. The lowest BCUT2D eigenvalue weighted by Crippen LogP contribution is -2.29. The van der Waals surface area contributed by atoms with Crippen LogP contribution in [0.3, 0.4) is 0 Å². The van der Waals surface area contributed by atoms with Crippen molar-refractivity contribution < 1.29 is 0 Å². The van der Waals surface area contributed by atoms with Gasteiger partial charge in [0.1, 0.15) is 0 Å². The van der Waals surface area contributed by atoms with Crippen molar-refractivity contribution in [3.05, 3.63) is 71.0 Å². The smallest absolute Gasteiger partial charge is 0.0736 e. The number of hydrogen-bond donors (Lipinski definition) is 3. The fraction of sp³-hybridized carbons (Fsp3) is 0.0625. The first-order chi connectivity index (χ1) is 10.2. The number of aromatic nitrogens is 1. The number of halogens is 1. The number of hydrogen-bond acceptors (Lipinski definition) is 4. The molecule has 0 aliphatic carbocycles. The molecule has 5 N–H and O–H groups in total. The van der Waals surface area contributed by atoms with Crippen molar-refractivity contribution in [3.8, 4) is 0 Å². The van der Waals surface area contributed by atoms with Crippen LogP contribution in [0.4, 0.5) is 5.69 Å². The highest BCUT2D eigenvalue weighted by Crippen LogP contribution is 2.32. The van der Waals surface area contributed by atoms with Crippen LogP contribution in [0.1, 0.15) is 17.2 Å². The first-order valence-electron chi connectivity index (χ1n) is 6.54. The van der Waals surface area contributed by atoms with Crippen molar-refractivity contribution in [1.82, 2.24) is 10.4 Å². The zero-order valence-electron chi connectivity index (χ0n) is 11.3. The lowest BCUT2D eigenvalue weighted by Gasteiger charge is -2.20. The van der Waals surface area contributed by atoms with E-state index in [9.17, 15) is 0 Å². The quantitative estimate of drug-likeness (QED) is 0.395. The molecule has 0 aliphatic rings. The van der Waals surface area contributed by atoms with Crippen LogP contribution in [0.25, 0.3) is 10.8 Å². The third-order valence-electron chi connectivity index (χ3n) is 3.55. The minimum absolute atomic E-state index is 0.227. The van der Waals surface area contributed by atoms with Gasteiger partial charge in [-0.05, 0) is 34.7 Å². The van der Waals surface area contributed by atoms with Crippen LogP contribution >= 0.6 is 11.6 Å². The van der Waals surface area contributed by atoms with Gasteiger partial charge in [0.2, 0.25) is 0 Å². The highest BCUT2D eigenvalue weighted by molar-refractivity contribution is 6.30. The van der Waals surface area contributed by atoms with E-state index < -0.39 is 0 Å². The maximum atomic E-state index is 6.08. The second-order valence-electron chi connectivity index (χ2n) is 4.82. The second-order valence-corrected chi connectivity index (χ2v) is 5.25. The van der Waals surface area contributed by atoms with E-state index in [1.54, 1.807) is 18.3 Å². The molecule has 0 saturated carbocycles. The molecule has 0 saturated heterocycles. The number of nitrogens with zero attached hydrogens (tertiary/aromatic N) is 1. The molecule has 1 unspecified atom stereocenters. The van der Waals surface area contributed by atoms with Gasteiger partial charge >= 0.3 is 0 Å². The van der Waals surface area contributed by atoms with E-state index in [1.165, 1.54) is 0 Å². The summed E-state index contributed by atoms with van der Waals surface area (Å²) in [6.45, 7) is 0. The van der Waals surface area contributed by atoms with Gasteiger partial charge in [0, 0.05) is 28.5 Å². The number of pyridine rings is 1. The van der Waals surface area contributed by atoms with Gasteiger partial charge in [-0.2, -0.15) is 0 Å². The van der Waals surface area contributed by atoms with Gasteiger partial charge in [-0.15, -0.1) is 0 Å². The molecule has 21 heavy (non-hydrogen) atoms. The number of anilines is 1. The van der Waals surface area contributed by atoms with E-state index in [0.717, 1.165) is 21.9 Å². The first kappa shape index (κ1) is 13.8. The molecular formula is C16H15ClN4. The minimum atomic E-state index is -0.227. The molecule has 0 aliphatic heterocycles. The summed E-state index contributed by atoms with van der Waals surface area (Å²) in [5, 5.41) is 2.75. The Morgan fingerprint density at radius 2 is 1.95 bits per heavy atom. The number of rotatable bonds is 3. The predicted molar refractivity (Wildman–Crippen MR) is 86.8 cm³/mol. The van der Waals surface area contributed by atoms with Gasteiger partial charge in [0.05, 0.1) is 6.04 Å². The van der Waals surface area contributed by atoms with E-state index in [1.807, 2.05) is 36.5 Å². The molecule has 106 valence electrons. The number of benzene rings is 2. The lowest BCUT2D eigenvalue weighted by molar-refractivity contribution is 0.642. The van der Waals surface area contributed by atoms with Gasteiger partial charge in [0.15, 0.2) is 0 Å². The molecule has 0 fully saturated rings. The summed E-state index contributed by atoms with van der Waals surface area (Å²) in [7, 11) is 0. The van der Waals surface area contributed by atoms with Crippen molar-refractivity contribution in [2.75, 3.05) is 5.73 Å². The maximum Gasteiger partial charge on any atom is 0.0736 e. The molecule has 0 amide bonds. The largest absolute Gasteiger partial charge is 0.398 e. The summed E-state index contributed by atoms with van der Waals surface area (Å²) in [6, 6.07) is 13.2. The molecule has 0 bridgehead atoms. The molecule has 2 aromatic carbocycles. The molecule has 3 aromatic rings. The number of fused-ring (bicyclic) bond motifs is 1. The summed E-state index contributed by atoms with van der Waals surface area (Å²) in [5.74, 6) is 5.78. The van der Waals surface area contributed by atoms with Crippen LogP contribution in [-0.2, 0) is 0 Å². The van der Waals surface area contributed by atoms with Crippen LogP contribution in [0.5, 0.6) is 0 Å². The number of nitrogens with two attached hydrogens (primary N) is 2. The highest BCUT2D eigenvalue weighted by Gasteiger charge is 2.17. The first-order valence-corrected chi connectivity index (χ1v) is 6.92. The maximum absolute atomic E-state index is 6.08. The van der Waals surface area contributed by atoms with Crippen LogP contribution in [0.15, 0.2) is 54.9 Å². The van der Waals surface area contributed by atoms with Gasteiger partial charge in [-0.1, -0.05) is 35.9 Å². The fourth-order valence-corrected chi connectivity index (χ4v) is 2.72. The van der Waals surface area contributed by atoms with Crippen molar-refractivity contribution in [3.63, 3.8) is 0 Å². The summed E-state index contributed by atoms with van der Waals surface area (Å²) >= 11 is 5.96. The molecule has 5 heteroatoms. The standard InChI is InChI=1S/C16H15ClN4/c17-11-4-5-13(15(18)8-11)16(21-19)12-3-1-2-10-6-7-20-9-14(10)12/h1-9,16,21H,18-19H2. The van der Waals surface area contributed by atoms with Crippen molar-refractivity contribution in [1.29, 1.82) is 0 Å². The monoisotopic (exact) mass is 298 g/mol. The van der Waals surface area contributed by atoms with E-state index in [2.05, 4.69) is 10.4 Å². The third kappa shape index (κ3) is 2.56. The third-order valence-corrected chi connectivity index (χ3v) is 3.79. The average Bonchev–Trinajstić information content (AvgIpc) is 2.50. The van der Waals surface area contributed by atoms with Gasteiger partial charge in [-0.3, -0.25) is 10.8 Å². The molecule has 1 aromatic heterocycles. The van der Waals surface area contributed by atoms with E-state index in [0.29, 0.717) is 10.7 Å². The summed E-state index contributed by atoms with van der Waals surface area (Å²) in [6.07, 6.45) is 3.61. The zero-order valence-corrected chi connectivity index (χ0v) is 12.0. The Hall–Kier alpha value is -2.14. The molecule has 0 radical (unpaired) electrons. The minimum Gasteiger partial charge on any atom is -0.398 e. The van der Waals surface area contributed by atoms with E-state index >= 15 is 0 Å². The Balaban J connectivity index is 2.18. The molecule has 4 nitrogen and oxygen atoms in total. The van der Waals surface area contributed by atoms with E-state index in [4.69, 9.17) is 23.2 Å². The normalized spacial score (nSPS) is 12.5. The Morgan fingerprint density at radius 1 is 1.10 bits per heavy atom. The van der Waals surface area contributed by atoms with Crippen molar-refractivity contribution in [2.45, 2.75) is 6.04 Å². The number of nitrogen functional groups attached to an aromatic ring is 1. The van der Waals surface area contributed by atoms with Crippen LogP contribution in [0.2, 0.25) is 5.02 Å². The van der Waals surface area contributed by atoms with E-state index in [-0.39, 0.29) is 6.04 Å². The summed E-state index contributed by atoms with van der Waals surface area (Å²) in [4.78, 5) is 4.20. The van der Waals surface area contributed by atoms with Crippen LogP contribution in [0, 0.1) is 0 Å². The summed E-state index contributed by atoms with van der Waals surface area (Å²) < 4.78 is 0. The number of nitrogens with one attached hydrogen (secondary N) is 1. The fourth-order valence-electron chi connectivity index (χ4n) is 2.54. The molecule has 1 atom stereocenters. The Labute approximate surface area is 127 Å². The van der Waals surface area contributed by atoms with Crippen molar-refractivity contribution in [2.24, 2.45) is 5.84 Å². The Kier molecular flexibility index (Phi) is 3.75. The SMILES string of the molecule is NNC(c1ccc(Cl)cc1N)c1cccc2ccncc12. The van der Waals surface area contributed by atoms with Crippen LogP contribution in [-0.4, -0.2) is 4.98 Å². The molecule has 3 rings (SSSR count). The Bertz CT molecular complexity index is 783. The molecule has 1 heterocycles. The molecule has 0 spiro atoms. The van der Waals surface area contributed by atoms with Gasteiger partial charge in [-0.25, -0.2) is 5.43 Å². The average molecular weight is 299 g/mol. The summed E-state index contributed by atoms with van der Waals surface area (Å²) in [5.41, 5.74) is 11.4. The second kappa shape index (κ2) is 5.69. The van der Waals surface area contributed by atoms with Gasteiger partial charge in [0.25, 0.3) is 0 Å². The van der Waals surface area contributed by atoms with Gasteiger partial charge < -0.3 is 5.73 Å².